The van der Waals surface area contributed by atoms with Crippen molar-refractivity contribution >= 4 is 97.8 Å². The van der Waals surface area contributed by atoms with E-state index in [-0.39, 0.29) is 68.6 Å². The van der Waals surface area contributed by atoms with Gasteiger partial charge >= 0.3 is 0 Å². The molecule has 3 aromatic carbocycles. The van der Waals surface area contributed by atoms with E-state index in [9.17, 15) is 47.9 Å². The van der Waals surface area contributed by atoms with Gasteiger partial charge in [-0.25, -0.2) is 0 Å². The van der Waals surface area contributed by atoms with Crippen LogP contribution in [0.4, 0.5) is 23.0 Å². The maximum absolute atomic E-state index is 12.3. The smallest absolute Gasteiger partial charge is 0.296 e. The summed E-state index contributed by atoms with van der Waals surface area (Å²) in [6, 6.07) is 8.54. The first-order chi connectivity index (χ1) is 24.5. The number of thioether (sulfide) groups is 2. The third-order valence-corrected chi connectivity index (χ3v) is 12.2. The Hall–Kier alpha value is -3.73. The van der Waals surface area contributed by atoms with Gasteiger partial charge in [0.25, 0.3) is 40.5 Å². The fraction of sp³-hybridized carbons (Fsp3) is 0.296. The number of fused-ring (bicyclic) bond motifs is 1. The van der Waals surface area contributed by atoms with Crippen LogP contribution in [0.5, 0.6) is 5.75 Å². The van der Waals surface area contributed by atoms with E-state index in [0.29, 0.717) is 5.56 Å². The lowest BCUT2D eigenvalue weighted by atomic mass is 10.1. The van der Waals surface area contributed by atoms with Gasteiger partial charge in [0, 0.05) is 38.2 Å². The molecule has 0 radical (unpaired) electrons. The number of anilines is 2. The first-order valence-electron chi connectivity index (χ1n) is 14.6. The number of rotatable bonds is 17. The third-order valence-electron chi connectivity index (χ3n) is 6.86. The van der Waals surface area contributed by atoms with Crippen molar-refractivity contribution in [3.63, 3.8) is 0 Å². The summed E-state index contributed by atoms with van der Waals surface area (Å²) in [6.07, 6.45) is 0.0584. The number of hydrogen-bond acceptors (Lipinski definition) is 18. The van der Waals surface area contributed by atoms with Crippen molar-refractivity contribution in [1.29, 1.82) is 0 Å². The number of phenols is 1. The summed E-state index contributed by atoms with van der Waals surface area (Å²) in [7, 11) is -14.9. The fourth-order valence-corrected chi connectivity index (χ4v) is 8.84. The molecule has 26 heteroatoms. The molecular formula is C27H31N7O13S6. The van der Waals surface area contributed by atoms with Crippen molar-refractivity contribution in [3.05, 3.63) is 48.0 Å². The molecule has 0 unspecified atom stereocenters. The topological polar surface area (TPSA) is 316 Å². The number of phenolic OH excluding ortho intramolecular Hbond substituents is 1. The van der Waals surface area contributed by atoms with Gasteiger partial charge in [-0.05, 0) is 41.6 Å². The van der Waals surface area contributed by atoms with Gasteiger partial charge in [-0.2, -0.15) is 48.6 Å². The highest BCUT2D eigenvalue weighted by Gasteiger charge is 2.21. The summed E-state index contributed by atoms with van der Waals surface area (Å²) < 4.78 is 130. The molecule has 0 fully saturated rings. The molecule has 1 aromatic heterocycles. The molecule has 0 aliphatic heterocycles. The van der Waals surface area contributed by atoms with Crippen molar-refractivity contribution in [1.82, 2.24) is 15.0 Å². The van der Waals surface area contributed by atoms with Gasteiger partial charge < -0.3 is 15.3 Å². The zero-order valence-electron chi connectivity index (χ0n) is 27.4. The molecular weight excluding hydrogens is 823 g/mol. The SMILES string of the molecule is CNc1ccc2cc(S(=O)(=O)O)cc(O)c2c1N=Nc1cc(CN(C)c2nc(SCCCS(=O)(=O)O)nc(SCCS(=O)(=O)O)n2)ccc1S(=O)(=O)O. The van der Waals surface area contributed by atoms with Gasteiger partial charge in [0.05, 0.1) is 27.5 Å². The third kappa shape index (κ3) is 12.1. The molecule has 0 spiro atoms. The summed E-state index contributed by atoms with van der Waals surface area (Å²) in [5, 5.41) is 22.1. The van der Waals surface area contributed by atoms with Crippen LogP contribution >= 0.6 is 23.5 Å². The minimum atomic E-state index is -4.85. The summed E-state index contributed by atoms with van der Waals surface area (Å²) in [6.45, 7) is -0.0183. The minimum Gasteiger partial charge on any atom is -0.507 e. The average molecular weight is 854 g/mol. The lowest BCUT2D eigenvalue weighted by Crippen LogP contribution is -2.20. The summed E-state index contributed by atoms with van der Waals surface area (Å²) in [4.78, 5) is 13.2. The van der Waals surface area contributed by atoms with Crippen LogP contribution in [0, 0.1) is 0 Å². The van der Waals surface area contributed by atoms with Crippen molar-refractivity contribution < 1.29 is 57.0 Å². The fourth-order valence-electron chi connectivity index (χ4n) is 4.53. The second kappa shape index (κ2) is 16.7. The summed E-state index contributed by atoms with van der Waals surface area (Å²) in [5.41, 5.74) is 0.300. The minimum absolute atomic E-state index is 0.00375. The average Bonchev–Trinajstić information content (AvgIpc) is 3.03. The maximum atomic E-state index is 12.3. The van der Waals surface area contributed by atoms with Crippen LogP contribution in [0.3, 0.4) is 0 Å². The Labute approximate surface area is 312 Å². The Kier molecular flexibility index (Phi) is 13.3. The Bertz CT molecular complexity index is 2500. The Morgan fingerprint density at radius 3 is 2.00 bits per heavy atom. The Morgan fingerprint density at radius 1 is 0.774 bits per heavy atom. The predicted octanol–water partition coefficient (Wildman–Crippen LogP) is 3.67. The van der Waals surface area contributed by atoms with E-state index in [1.54, 1.807) is 7.05 Å². The van der Waals surface area contributed by atoms with Gasteiger partial charge in [0.15, 0.2) is 10.3 Å². The van der Waals surface area contributed by atoms with E-state index in [2.05, 4.69) is 30.5 Å². The van der Waals surface area contributed by atoms with E-state index in [0.717, 1.165) is 41.7 Å². The molecule has 0 aliphatic carbocycles. The quantitative estimate of drug-likeness (QED) is 0.0382. The zero-order chi connectivity index (χ0) is 39.4. The van der Waals surface area contributed by atoms with Crippen LogP contribution in [0.1, 0.15) is 12.0 Å². The van der Waals surface area contributed by atoms with Crippen LogP contribution in [0.25, 0.3) is 10.8 Å². The first-order valence-corrected chi connectivity index (χ1v) is 22.7. The first kappa shape index (κ1) is 42.0. The number of aromatic nitrogens is 3. The van der Waals surface area contributed by atoms with Crippen molar-refractivity contribution in [3.8, 4) is 5.75 Å². The van der Waals surface area contributed by atoms with Crippen LogP contribution in [0.2, 0.25) is 0 Å². The molecule has 4 rings (SSSR count). The number of hydrogen-bond donors (Lipinski definition) is 6. The van der Waals surface area contributed by atoms with Gasteiger partial charge in [-0.1, -0.05) is 35.7 Å². The summed E-state index contributed by atoms with van der Waals surface area (Å²) in [5.74, 6) is -1.56. The van der Waals surface area contributed by atoms with Crippen LogP contribution < -0.4 is 10.2 Å². The molecule has 1 heterocycles. The number of nitrogens with one attached hydrogen (secondary N) is 1. The largest absolute Gasteiger partial charge is 0.507 e. The van der Waals surface area contributed by atoms with E-state index in [1.165, 1.54) is 36.2 Å². The van der Waals surface area contributed by atoms with Gasteiger partial charge in [-0.15, -0.1) is 10.2 Å². The van der Waals surface area contributed by atoms with Crippen LogP contribution in [-0.2, 0) is 47.0 Å². The normalized spacial score (nSPS) is 12.8. The lowest BCUT2D eigenvalue weighted by molar-refractivity contribution is 0.471. The second-order valence-electron chi connectivity index (χ2n) is 10.9. The van der Waals surface area contributed by atoms with Crippen molar-refractivity contribution in [2.75, 3.05) is 47.3 Å². The molecule has 288 valence electrons. The molecule has 0 saturated heterocycles. The second-order valence-corrected chi connectivity index (χ2v) is 19.0. The van der Waals surface area contributed by atoms with Crippen LogP contribution in [-0.4, -0.2) is 109 Å². The van der Waals surface area contributed by atoms with E-state index >= 15 is 0 Å². The molecule has 4 aromatic rings. The standard InChI is InChI=1S/C27H31N7O13S6/c1-28-19-6-5-17-13-18(52(42,43)44)14-21(35)23(17)24(19)33-32-20-12-16(4-7-22(20)53(45,46)47)15-34(2)25-29-26(48-8-3-10-50(36,37)38)31-27(30-25)49-9-11-51(39,40)41/h4-7,12-14,28,35H,3,8-11,15H2,1-2H3,(H,36,37,38)(H,39,40,41)(H,42,43,44)(H,45,46,47). The molecule has 0 saturated carbocycles. The highest BCUT2D eigenvalue weighted by Crippen LogP contribution is 2.42. The monoisotopic (exact) mass is 853 g/mol. The van der Waals surface area contributed by atoms with Crippen molar-refractivity contribution in [2.45, 2.75) is 33.1 Å². The zero-order valence-corrected chi connectivity index (χ0v) is 32.3. The van der Waals surface area contributed by atoms with Crippen LogP contribution in [0.15, 0.2) is 72.8 Å². The number of benzene rings is 3. The van der Waals surface area contributed by atoms with E-state index in [4.69, 9.17) is 9.11 Å². The number of nitrogens with zero attached hydrogens (tertiary/aromatic N) is 6. The maximum Gasteiger partial charge on any atom is 0.296 e. The molecule has 0 bridgehead atoms. The Balaban J connectivity index is 1.71. The number of aromatic hydroxyl groups is 1. The molecule has 20 nitrogen and oxygen atoms in total. The van der Waals surface area contributed by atoms with Crippen molar-refractivity contribution in [2.24, 2.45) is 10.2 Å². The molecule has 53 heavy (non-hydrogen) atoms. The van der Waals surface area contributed by atoms with Gasteiger partial charge in [-0.3, -0.25) is 18.2 Å². The molecule has 0 amide bonds. The molecule has 0 aliphatic rings. The van der Waals surface area contributed by atoms with Gasteiger partial charge in [0.1, 0.15) is 22.0 Å². The van der Waals surface area contributed by atoms with E-state index in [1.807, 2.05) is 0 Å². The molecule has 0 atom stereocenters. The van der Waals surface area contributed by atoms with Gasteiger partial charge in [0.2, 0.25) is 5.95 Å². The highest BCUT2D eigenvalue weighted by molar-refractivity contribution is 8.00. The predicted molar refractivity (Wildman–Crippen MR) is 196 cm³/mol. The number of azo groups is 1. The highest BCUT2D eigenvalue weighted by atomic mass is 32.2. The molecule has 6 N–H and O–H groups in total. The Morgan fingerprint density at radius 2 is 1.42 bits per heavy atom. The summed E-state index contributed by atoms with van der Waals surface area (Å²) >= 11 is 1.93. The lowest BCUT2D eigenvalue weighted by Gasteiger charge is -2.19. The van der Waals surface area contributed by atoms with E-state index < -0.39 is 67.5 Å².